The number of thiazole rings is 1. The van der Waals surface area contributed by atoms with Gasteiger partial charge in [-0.3, -0.25) is 9.59 Å². The normalized spacial score (nSPS) is 17.8. The number of carbonyl (C=O) groups excluding carboxylic acids is 2. The van der Waals surface area contributed by atoms with Gasteiger partial charge in [-0.15, -0.1) is 23.7 Å². The molecule has 1 aromatic carbocycles. The molecule has 2 aromatic rings. The van der Waals surface area contributed by atoms with Crippen molar-refractivity contribution in [1.82, 2.24) is 15.6 Å². The maximum atomic E-state index is 12.9. The molecule has 5 N–H and O–H groups in total. The summed E-state index contributed by atoms with van der Waals surface area (Å²) in [6.07, 6.45) is 1.87. The minimum absolute atomic E-state index is 0. The van der Waals surface area contributed by atoms with Crippen molar-refractivity contribution in [3.8, 4) is 0 Å². The van der Waals surface area contributed by atoms with Crippen LogP contribution in [0.25, 0.3) is 0 Å². The molecular weight excluding hydrogens is 447 g/mol. The average molecular weight is 473 g/mol. The van der Waals surface area contributed by atoms with Crippen molar-refractivity contribution < 1.29 is 14.7 Å². The van der Waals surface area contributed by atoms with Gasteiger partial charge in [-0.1, -0.05) is 23.7 Å². The molecule has 0 aliphatic carbocycles. The fraction of sp³-hybridized carbons (Fsp3) is 0.450. The Morgan fingerprint density at radius 3 is 2.63 bits per heavy atom. The second kappa shape index (κ2) is 11.1. The number of benzene rings is 1. The van der Waals surface area contributed by atoms with Gasteiger partial charge in [0, 0.05) is 17.5 Å². The third kappa shape index (κ3) is 5.92. The highest BCUT2D eigenvalue weighted by molar-refractivity contribution is 7.11. The van der Waals surface area contributed by atoms with Gasteiger partial charge in [0.05, 0.1) is 29.1 Å². The summed E-state index contributed by atoms with van der Waals surface area (Å²) in [7, 11) is 0. The van der Waals surface area contributed by atoms with Crippen LogP contribution >= 0.6 is 35.3 Å². The lowest BCUT2D eigenvalue weighted by molar-refractivity contribution is -0.126. The molecule has 0 saturated carbocycles. The number of primary amides is 1. The van der Waals surface area contributed by atoms with Crippen molar-refractivity contribution in [3.63, 3.8) is 0 Å². The van der Waals surface area contributed by atoms with E-state index in [0.29, 0.717) is 10.6 Å². The molecule has 7 nitrogen and oxygen atoms in total. The van der Waals surface area contributed by atoms with Crippen LogP contribution in [-0.2, 0) is 16.2 Å². The van der Waals surface area contributed by atoms with Crippen molar-refractivity contribution in [2.24, 2.45) is 5.73 Å². The molecule has 1 saturated heterocycles. The van der Waals surface area contributed by atoms with Crippen LogP contribution in [0.2, 0.25) is 5.02 Å². The molecule has 3 unspecified atom stereocenters. The van der Waals surface area contributed by atoms with E-state index in [4.69, 9.17) is 17.3 Å². The summed E-state index contributed by atoms with van der Waals surface area (Å²) in [5, 5.41) is 17.2. The topological polar surface area (TPSA) is 117 Å². The zero-order valence-electron chi connectivity index (χ0n) is 16.6. The predicted octanol–water partition coefficient (Wildman–Crippen LogP) is 2.59. The number of carbonyl (C=O) groups is 2. The molecule has 2 amide bonds. The monoisotopic (exact) mass is 472 g/mol. The highest BCUT2D eigenvalue weighted by Gasteiger charge is 2.31. The van der Waals surface area contributed by atoms with E-state index in [0.717, 1.165) is 35.0 Å². The van der Waals surface area contributed by atoms with Gasteiger partial charge in [-0.05, 0) is 44.0 Å². The molecule has 10 heteroatoms. The number of nitrogens with one attached hydrogen (secondary N) is 2. The van der Waals surface area contributed by atoms with Crippen LogP contribution in [0, 0.1) is 6.92 Å². The summed E-state index contributed by atoms with van der Waals surface area (Å²) in [6.45, 7) is 2.64. The number of aryl methyl sites for hydroxylation is 1. The van der Waals surface area contributed by atoms with Crippen LogP contribution in [0.5, 0.6) is 0 Å². The Morgan fingerprint density at radius 2 is 2.10 bits per heavy atom. The summed E-state index contributed by atoms with van der Waals surface area (Å²) in [4.78, 5) is 30.2. The van der Waals surface area contributed by atoms with Crippen LogP contribution in [0.1, 0.15) is 52.4 Å². The van der Waals surface area contributed by atoms with Crippen LogP contribution < -0.4 is 16.4 Å². The first-order valence-electron chi connectivity index (χ1n) is 9.53. The Balaban J connectivity index is 0.00000320. The van der Waals surface area contributed by atoms with Gasteiger partial charge in [0.15, 0.2) is 0 Å². The number of nitrogens with two attached hydrogens (primary N) is 1. The van der Waals surface area contributed by atoms with E-state index < -0.39 is 11.8 Å². The van der Waals surface area contributed by atoms with Crippen molar-refractivity contribution in [3.05, 3.63) is 50.4 Å². The van der Waals surface area contributed by atoms with Crippen molar-refractivity contribution in [1.29, 1.82) is 0 Å². The summed E-state index contributed by atoms with van der Waals surface area (Å²) < 4.78 is 0. The van der Waals surface area contributed by atoms with Crippen LogP contribution in [-0.4, -0.2) is 34.5 Å². The summed E-state index contributed by atoms with van der Waals surface area (Å²) in [5.74, 6) is -1.58. The highest BCUT2D eigenvalue weighted by Crippen LogP contribution is 2.30. The molecule has 1 fully saturated rings. The average Bonchev–Trinajstić information content (AvgIpc) is 3.34. The van der Waals surface area contributed by atoms with Crippen LogP contribution in [0.3, 0.4) is 0 Å². The molecule has 3 atom stereocenters. The maximum Gasteiger partial charge on any atom is 0.225 e. The fourth-order valence-corrected chi connectivity index (χ4v) is 4.73. The van der Waals surface area contributed by atoms with Crippen LogP contribution in [0.15, 0.2) is 24.3 Å². The second-order valence-corrected chi connectivity index (χ2v) is 8.73. The van der Waals surface area contributed by atoms with E-state index in [1.165, 1.54) is 11.3 Å². The standard InChI is InChI=1S/C20H25ClN4O3S.ClH/c1-11-16(10-26)29-20(24-11)18(15-3-2-8-23-15)25-17(27)9-14(19(22)28)12-4-6-13(21)7-5-12;/h4-7,14-15,18,23,26H,2-3,8-10H2,1H3,(H2,22,28)(H,25,27);1H. The van der Waals surface area contributed by atoms with E-state index in [-0.39, 0.29) is 43.4 Å². The van der Waals surface area contributed by atoms with Gasteiger partial charge in [0.25, 0.3) is 0 Å². The Kier molecular flexibility index (Phi) is 9.06. The number of hydrogen-bond donors (Lipinski definition) is 4. The zero-order chi connectivity index (χ0) is 21.0. The zero-order valence-corrected chi connectivity index (χ0v) is 18.9. The quantitative estimate of drug-likeness (QED) is 0.470. The first kappa shape index (κ1) is 24.6. The number of halogens is 2. The summed E-state index contributed by atoms with van der Waals surface area (Å²) >= 11 is 7.31. The van der Waals surface area contributed by atoms with E-state index >= 15 is 0 Å². The number of aliphatic hydroxyl groups excluding tert-OH is 1. The molecule has 2 heterocycles. The van der Waals surface area contributed by atoms with Crippen molar-refractivity contribution in [2.75, 3.05) is 6.54 Å². The lowest BCUT2D eigenvalue weighted by Crippen LogP contribution is -2.41. The number of rotatable bonds is 8. The minimum atomic E-state index is -0.740. The van der Waals surface area contributed by atoms with E-state index in [1.54, 1.807) is 24.3 Å². The van der Waals surface area contributed by atoms with Gasteiger partial charge in [0.2, 0.25) is 11.8 Å². The third-order valence-electron chi connectivity index (χ3n) is 5.14. The van der Waals surface area contributed by atoms with Gasteiger partial charge < -0.3 is 21.5 Å². The number of nitrogens with zero attached hydrogens (tertiary/aromatic N) is 1. The van der Waals surface area contributed by atoms with Gasteiger partial charge in [0.1, 0.15) is 5.01 Å². The molecule has 0 bridgehead atoms. The Bertz CT molecular complexity index is 869. The molecule has 1 aliphatic heterocycles. The molecule has 3 rings (SSSR count). The first-order valence-corrected chi connectivity index (χ1v) is 10.7. The molecule has 1 aromatic heterocycles. The molecule has 1 aliphatic rings. The second-order valence-electron chi connectivity index (χ2n) is 7.18. The largest absolute Gasteiger partial charge is 0.391 e. The SMILES string of the molecule is Cc1nc(C(NC(=O)CC(C(N)=O)c2ccc(Cl)cc2)C2CCCN2)sc1CO.Cl. The smallest absolute Gasteiger partial charge is 0.225 e. The third-order valence-corrected chi connectivity index (χ3v) is 6.62. The lowest BCUT2D eigenvalue weighted by Gasteiger charge is -2.24. The minimum Gasteiger partial charge on any atom is -0.391 e. The molecule has 30 heavy (non-hydrogen) atoms. The number of aliphatic hydroxyl groups is 1. The van der Waals surface area contributed by atoms with Gasteiger partial charge in [-0.25, -0.2) is 4.98 Å². The number of amides is 2. The number of aromatic nitrogens is 1. The predicted molar refractivity (Wildman–Crippen MR) is 120 cm³/mol. The van der Waals surface area contributed by atoms with Crippen molar-refractivity contribution in [2.45, 2.75) is 50.8 Å². The van der Waals surface area contributed by atoms with E-state index in [2.05, 4.69) is 15.6 Å². The number of hydrogen-bond acceptors (Lipinski definition) is 6. The highest BCUT2D eigenvalue weighted by atomic mass is 35.5. The van der Waals surface area contributed by atoms with Gasteiger partial charge in [-0.2, -0.15) is 0 Å². The fourth-order valence-electron chi connectivity index (χ4n) is 3.56. The summed E-state index contributed by atoms with van der Waals surface area (Å²) in [6, 6.07) is 6.49. The van der Waals surface area contributed by atoms with E-state index in [1.807, 2.05) is 6.92 Å². The lowest BCUT2D eigenvalue weighted by atomic mass is 9.94. The molecular formula is C20H26Cl2N4O3S. The summed E-state index contributed by atoms with van der Waals surface area (Å²) in [5.41, 5.74) is 6.98. The Labute approximate surface area is 190 Å². The first-order chi connectivity index (χ1) is 13.9. The van der Waals surface area contributed by atoms with E-state index in [9.17, 15) is 14.7 Å². The molecule has 0 spiro atoms. The maximum absolute atomic E-state index is 12.9. The van der Waals surface area contributed by atoms with Gasteiger partial charge >= 0.3 is 0 Å². The Hall–Kier alpha value is -1.71. The molecule has 164 valence electrons. The van der Waals surface area contributed by atoms with Crippen LogP contribution in [0.4, 0.5) is 0 Å². The molecule has 0 radical (unpaired) electrons. The van der Waals surface area contributed by atoms with Crippen molar-refractivity contribution >= 4 is 47.2 Å². The Morgan fingerprint density at radius 1 is 1.40 bits per heavy atom.